The number of aromatic nitrogens is 4. The highest BCUT2D eigenvalue weighted by molar-refractivity contribution is 7.89. The molecular weight excluding hydrogens is 371 g/mol. The predicted octanol–water partition coefficient (Wildman–Crippen LogP) is 1.34. The molecule has 0 aliphatic carbocycles. The Hall–Kier alpha value is -2.59. The van der Waals surface area contributed by atoms with E-state index in [1.165, 1.54) is 16.4 Å². The lowest BCUT2D eigenvalue weighted by Gasteiger charge is -2.34. The minimum atomic E-state index is -3.63. The molecular formula is C17H19FN6O2S. The first-order valence-electron chi connectivity index (χ1n) is 8.71. The van der Waals surface area contributed by atoms with E-state index in [1.54, 1.807) is 4.52 Å². The number of halogens is 1. The Morgan fingerprint density at radius 1 is 1.00 bits per heavy atom. The molecule has 0 radical (unpaired) electrons. The Morgan fingerprint density at radius 3 is 2.37 bits per heavy atom. The number of piperazine rings is 1. The Labute approximate surface area is 156 Å². The molecule has 1 fully saturated rings. The van der Waals surface area contributed by atoms with E-state index in [1.807, 2.05) is 24.0 Å². The molecule has 1 aliphatic heterocycles. The summed E-state index contributed by atoms with van der Waals surface area (Å²) in [6.45, 7) is 3.69. The third-order valence-corrected chi connectivity index (χ3v) is 6.56. The average molecular weight is 390 g/mol. The summed E-state index contributed by atoms with van der Waals surface area (Å²) in [6.07, 6.45) is 0.724. The first kappa shape index (κ1) is 17.8. The van der Waals surface area contributed by atoms with Gasteiger partial charge in [-0.3, -0.25) is 0 Å². The molecule has 0 unspecified atom stereocenters. The van der Waals surface area contributed by atoms with Gasteiger partial charge in [-0.15, -0.1) is 15.3 Å². The zero-order chi connectivity index (χ0) is 19.0. The smallest absolute Gasteiger partial charge is 0.243 e. The molecule has 3 heterocycles. The Kier molecular flexibility index (Phi) is 4.52. The van der Waals surface area contributed by atoms with Crippen molar-refractivity contribution in [3.8, 4) is 0 Å². The molecule has 142 valence electrons. The topological polar surface area (TPSA) is 83.7 Å². The lowest BCUT2D eigenvalue weighted by molar-refractivity contribution is 0.383. The van der Waals surface area contributed by atoms with Gasteiger partial charge in [0.15, 0.2) is 11.5 Å². The third kappa shape index (κ3) is 3.26. The van der Waals surface area contributed by atoms with Crippen LogP contribution in [-0.4, -0.2) is 58.7 Å². The van der Waals surface area contributed by atoms with Crippen molar-refractivity contribution in [2.75, 3.05) is 31.1 Å². The first-order chi connectivity index (χ1) is 13.0. The molecule has 0 bridgehead atoms. The van der Waals surface area contributed by atoms with Crippen LogP contribution in [0.25, 0.3) is 5.65 Å². The van der Waals surface area contributed by atoms with Crippen molar-refractivity contribution >= 4 is 21.5 Å². The summed E-state index contributed by atoms with van der Waals surface area (Å²) in [5, 5.41) is 12.8. The molecule has 2 aromatic heterocycles. The van der Waals surface area contributed by atoms with Gasteiger partial charge in [-0.1, -0.05) is 6.92 Å². The van der Waals surface area contributed by atoms with Crippen molar-refractivity contribution in [3.05, 3.63) is 48.0 Å². The van der Waals surface area contributed by atoms with Gasteiger partial charge in [0.25, 0.3) is 0 Å². The van der Waals surface area contributed by atoms with Crippen molar-refractivity contribution in [2.45, 2.75) is 18.2 Å². The van der Waals surface area contributed by atoms with Crippen LogP contribution in [0, 0.1) is 5.82 Å². The molecule has 0 amide bonds. The summed E-state index contributed by atoms with van der Waals surface area (Å²) in [4.78, 5) is 2.14. The van der Waals surface area contributed by atoms with Crippen LogP contribution < -0.4 is 4.90 Å². The molecule has 0 spiro atoms. The van der Waals surface area contributed by atoms with Gasteiger partial charge in [-0.2, -0.15) is 8.82 Å². The fraction of sp³-hybridized carbons (Fsp3) is 0.353. The van der Waals surface area contributed by atoms with Gasteiger partial charge in [0.2, 0.25) is 10.0 Å². The molecule has 1 aliphatic rings. The molecule has 3 aromatic rings. The zero-order valence-corrected chi connectivity index (χ0v) is 15.6. The number of aryl methyl sites for hydroxylation is 1. The second-order valence-corrected chi connectivity index (χ2v) is 8.21. The molecule has 1 saturated heterocycles. The summed E-state index contributed by atoms with van der Waals surface area (Å²) >= 11 is 0. The minimum Gasteiger partial charge on any atom is -0.353 e. The third-order valence-electron chi connectivity index (χ3n) is 4.64. The normalized spacial score (nSPS) is 16.1. The molecule has 1 aromatic carbocycles. The minimum absolute atomic E-state index is 0.106. The van der Waals surface area contributed by atoms with Gasteiger partial charge < -0.3 is 4.90 Å². The van der Waals surface area contributed by atoms with E-state index in [9.17, 15) is 12.8 Å². The molecule has 0 N–H and O–H groups in total. The van der Waals surface area contributed by atoms with E-state index in [4.69, 9.17) is 0 Å². The van der Waals surface area contributed by atoms with Crippen molar-refractivity contribution in [1.82, 2.24) is 24.1 Å². The van der Waals surface area contributed by atoms with Gasteiger partial charge in [0.05, 0.1) is 4.90 Å². The Morgan fingerprint density at radius 2 is 1.70 bits per heavy atom. The van der Waals surface area contributed by atoms with Crippen LogP contribution in [0.2, 0.25) is 0 Å². The van der Waals surface area contributed by atoms with Gasteiger partial charge >= 0.3 is 0 Å². The van der Waals surface area contributed by atoms with Gasteiger partial charge in [0, 0.05) is 32.6 Å². The maximum atomic E-state index is 13.1. The highest BCUT2D eigenvalue weighted by atomic mass is 32.2. The standard InChI is InChI=1S/C17H19FN6O2S/c1-2-15-19-20-16-7-8-17(21-24(15)16)22-9-11-23(12-10-22)27(25,26)14-5-3-13(18)4-6-14/h3-8H,2,9-12H2,1H3. The maximum Gasteiger partial charge on any atom is 0.243 e. The van der Waals surface area contributed by atoms with E-state index < -0.39 is 15.8 Å². The van der Waals surface area contributed by atoms with Crippen LogP contribution in [0.5, 0.6) is 0 Å². The first-order valence-corrected chi connectivity index (χ1v) is 10.1. The number of fused-ring (bicyclic) bond motifs is 1. The number of nitrogens with zero attached hydrogens (tertiary/aromatic N) is 6. The van der Waals surface area contributed by atoms with E-state index in [-0.39, 0.29) is 4.90 Å². The van der Waals surface area contributed by atoms with Gasteiger partial charge in [-0.05, 0) is 36.4 Å². The largest absolute Gasteiger partial charge is 0.353 e. The molecule has 4 rings (SSSR count). The monoisotopic (exact) mass is 390 g/mol. The van der Waals surface area contributed by atoms with Crippen molar-refractivity contribution in [3.63, 3.8) is 0 Å². The molecule has 10 heteroatoms. The Bertz CT molecular complexity index is 1060. The van der Waals surface area contributed by atoms with Crippen LogP contribution in [0.15, 0.2) is 41.3 Å². The average Bonchev–Trinajstić information content (AvgIpc) is 3.11. The zero-order valence-electron chi connectivity index (χ0n) is 14.8. The molecule has 0 atom stereocenters. The summed E-state index contributed by atoms with van der Waals surface area (Å²) < 4.78 is 41.6. The van der Waals surface area contributed by atoms with Crippen LogP contribution in [-0.2, 0) is 16.4 Å². The second kappa shape index (κ2) is 6.86. The van der Waals surface area contributed by atoms with Crippen molar-refractivity contribution in [1.29, 1.82) is 0 Å². The summed E-state index contributed by atoms with van der Waals surface area (Å²) in [5.74, 6) is 1.08. The fourth-order valence-corrected chi connectivity index (χ4v) is 4.55. The van der Waals surface area contributed by atoms with Crippen molar-refractivity contribution in [2.24, 2.45) is 0 Å². The SMILES string of the molecule is CCc1nnc2ccc(N3CCN(S(=O)(=O)c4ccc(F)cc4)CC3)nn12. The van der Waals surface area contributed by atoms with E-state index in [0.29, 0.717) is 31.8 Å². The van der Waals surface area contributed by atoms with E-state index in [2.05, 4.69) is 15.3 Å². The van der Waals surface area contributed by atoms with Crippen LogP contribution >= 0.6 is 0 Å². The summed E-state index contributed by atoms with van der Waals surface area (Å²) in [7, 11) is -3.63. The lowest BCUT2D eigenvalue weighted by Crippen LogP contribution is -2.49. The predicted molar refractivity (Wildman–Crippen MR) is 97.5 cm³/mol. The highest BCUT2D eigenvalue weighted by Crippen LogP contribution is 2.20. The number of rotatable bonds is 4. The van der Waals surface area contributed by atoms with Crippen LogP contribution in [0.1, 0.15) is 12.7 Å². The van der Waals surface area contributed by atoms with Crippen LogP contribution in [0.3, 0.4) is 0 Å². The number of benzene rings is 1. The Balaban J connectivity index is 1.51. The van der Waals surface area contributed by atoms with E-state index >= 15 is 0 Å². The molecule has 27 heavy (non-hydrogen) atoms. The summed E-state index contributed by atoms with van der Waals surface area (Å²) in [6, 6.07) is 8.64. The molecule has 8 nitrogen and oxygen atoms in total. The quantitative estimate of drug-likeness (QED) is 0.668. The number of sulfonamides is 1. The maximum absolute atomic E-state index is 13.1. The number of hydrogen-bond acceptors (Lipinski definition) is 6. The number of hydrogen-bond donors (Lipinski definition) is 0. The second-order valence-electron chi connectivity index (χ2n) is 6.28. The lowest BCUT2D eigenvalue weighted by atomic mass is 10.3. The van der Waals surface area contributed by atoms with Gasteiger partial charge in [-0.25, -0.2) is 12.8 Å². The van der Waals surface area contributed by atoms with Crippen LogP contribution in [0.4, 0.5) is 10.2 Å². The summed E-state index contributed by atoms with van der Waals surface area (Å²) in [5.41, 5.74) is 0.688. The van der Waals surface area contributed by atoms with Gasteiger partial charge in [0.1, 0.15) is 11.6 Å². The van der Waals surface area contributed by atoms with Crippen molar-refractivity contribution < 1.29 is 12.8 Å². The fourth-order valence-electron chi connectivity index (χ4n) is 3.13. The highest BCUT2D eigenvalue weighted by Gasteiger charge is 2.29. The molecule has 0 saturated carbocycles. The number of anilines is 1. The van der Waals surface area contributed by atoms with E-state index in [0.717, 1.165) is 30.2 Å².